The molecule has 3 heteroatoms. The molecule has 5 aromatic carbocycles. The molecule has 0 N–H and O–H groups in total. The van der Waals surface area contributed by atoms with Crippen LogP contribution < -0.4 is 0 Å². The number of aromatic nitrogens is 2. The molecule has 0 saturated heterocycles. The third kappa shape index (κ3) is 2.10. The molecule has 8 rings (SSSR count). The number of hydrogen-bond acceptors (Lipinski definition) is 0. The van der Waals surface area contributed by atoms with Gasteiger partial charge in [-0.2, -0.15) is 0 Å². The van der Waals surface area contributed by atoms with Crippen molar-refractivity contribution in [1.29, 1.82) is 0 Å². The van der Waals surface area contributed by atoms with Crippen LogP contribution >= 0.6 is 11.6 Å². The molecule has 0 atom stereocenters. The van der Waals surface area contributed by atoms with Crippen LogP contribution in [0.1, 0.15) is 0 Å². The number of para-hydroxylation sites is 3. The zero-order valence-corrected chi connectivity index (χ0v) is 18.3. The lowest BCUT2D eigenvalue weighted by atomic mass is 10.0. The summed E-state index contributed by atoms with van der Waals surface area (Å²) in [7, 11) is 0. The van der Waals surface area contributed by atoms with Crippen molar-refractivity contribution in [3.63, 3.8) is 0 Å². The Labute approximate surface area is 194 Å². The number of halogens is 1. The molecule has 154 valence electrons. The van der Waals surface area contributed by atoms with Crippen LogP contribution in [0.15, 0.2) is 103 Å². The second kappa shape index (κ2) is 6.06. The molecule has 0 saturated carbocycles. The number of fused-ring (bicyclic) bond motifs is 10. The van der Waals surface area contributed by atoms with E-state index in [0.717, 1.165) is 5.02 Å². The van der Waals surface area contributed by atoms with Crippen molar-refractivity contribution in [2.45, 2.75) is 0 Å². The molecular formula is C30H17ClN2. The predicted molar refractivity (Wildman–Crippen MR) is 140 cm³/mol. The van der Waals surface area contributed by atoms with E-state index < -0.39 is 0 Å². The van der Waals surface area contributed by atoms with Crippen LogP contribution in [0.2, 0.25) is 5.02 Å². The lowest BCUT2D eigenvalue weighted by molar-refractivity contribution is 1.18. The number of hydrogen-bond donors (Lipinski definition) is 0. The lowest BCUT2D eigenvalue weighted by Crippen LogP contribution is -1.92. The molecule has 0 spiro atoms. The van der Waals surface area contributed by atoms with E-state index >= 15 is 0 Å². The zero-order chi connectivity index (χ0) is 21.7. The third-order valence-corrected chi connectivity index (χ3v) is 7.31. The van der Waals surface area contributed by atoms with Crippen molar-refractivity contribution in [2.24, 2.45) is 0 Å². The van der Waals surface area contributed by atoms with Gasteiger partial charge in [0.1, 0.15) is 0 Å². The van der Waals surface area contributed by atoms with E-state index in [1.807, 2.05) is 6.07 Å². The smallest absolute Gasteiger partial charge is 0.0628 e. The first-order valence-corrected chi connectivity index (χ1v) is 11.5. The zero-order valence-electron chi connectivity index (χ0n) is 17.6. The van der Waals surface area contributed by atoms with E-state index in [4.69, 9.17) is 11.6 Å². The highest BCUT2D eigenvalue weighted by Crippen LogP contribution is 2.46. The van der Waals surface area contributed by atoms with Gasteiger partial charge in [-0.15, -0.1) is 0 Å². The van der Waals surface area contributed by atoms with Gasteiger partial charge in [-0.3, -0.25) is 0 Å². The number of benzene rings is 5. The van der Waals surface area contributed by atoms with Gasteiger partial charge in [0.15, 0.2) is 0 Å². The second-order valence-electron chi connectivity index (χ2n) is 8.74. The van der Waals surface area contributed by atoms with E-state index in [-0.39, 0.29) is 0 Å². The molecule has 0 unspecified atom stereocenters. The largest absolute Gasteiger partial charge is 0.309 e. The minimum atomic E-state index is 0.765. The molecule has 0 aliphatic rings. The van der Waals surface area contributed by atoms with Crippen LogP contribution in [0.5, 0.6) is 0 Å². The van der Waals surface area contributed by atoms with Crippen molar-refractivity contribution in [2.75, 3.05) is 0 Å². The molecule has 3 aromatic heterocycles. The molecule has 0 radical (unpaired) electrons. The van der Waals surface area contributed by atoms with Gasteiger partial charge < -0.3 is 8.97 Å². The Balaban J connectivity index is 1.77. The molecule has 0 aliphatic heterocycles. The molecule has 0 aliphatic carbocycles. The molecule has 8 aromatic rings. The standard InChI is InChI=1S/C30H17ClN2/c31-18-14-15-26-23(16-18)29-28-21-11-5-7-13-25(21)32(19-8-2-1-3-9-19)27(28)17-22-20-10-4-6-12-24(20)33(26)30(22)29/h1-17H. The Morgan fingerprint density at radius 3 is 2.03 bits per heavy atom. The molecule has 0 fully saturated rings. The van der Waals surface area contributed by atoms with Gasteiger partial charge in [0.25, 0.3) is 0 Å². The summed E-state index contributed by atoms with van der Waals surface area (Å²) in [4.78, 5) is 0. The Kier molecular flexibility index (Phi) is 3.22. The summed E-state index contributed by atoms with van der Waals surface area (Å²) in [5, 5.41) is 8.35. The maximum atomic E-state index is 6.54. The van der Waals surface area contributed by atoms with Crippen LogP contribution in [-0.4, -0.2) is 8.97 Å². The van der Waals surface area contributed by atoms with E-state index in [9.17, 15) is 0 Å². The van der Waals surface area contributed by atoms with Crippen molar-refractivity contribution < 1.29 is 0 Å². The van der Waals surface area contributed by atoms with Crippen LogP contribution in [-0.2, 0) is 0 Å². The summed E-state index contributed by atoms with van der Waals surface area (Å²) in [6, 6.07) is 36.8. The second-order valence-corrected chi connectivity index (χ2v) is 9.18. The van der Waals surface area contributed by atoms with Gasteiger partial charge in [0, 0.05) is 43.0 Å². The minimum Gasteiger partial charge on any atom is -0.309 e. The average molecular weight is 441 g/mol. The SMILES string of the molecule is Clc1ccc2c(c1)c1c3c4ccccc4n(-c4ccccc4)c3cc3c4ccccc4n2c31. The molecule has 33 heavy (non-hydrogen) atoms. The Morgan fingerprint density at radius 2 is 1.18 bits per heavy atom. The first-order chi connectivity index (χ1) is 16.3. The molecular weight excluding hydrogens is 424 g/mol. The normalized spacial score (nSPS) is 12.4. The van der Waals surface area contributed by atoms with Crippen molar-refractivity contribution in [3.05, 3.63) is 108 Å². The fraction of sp³-hybridized carbons (Fsp3) is 0. The third-order valence-electron chi connectivity index (χ3n) is 7.08. The van der Waals surface area contributed by atoms with Crippen molar-refractivity contribution in [1.82, 2.24) is 8.97 Å². The summed E-state index contributed by atoms with van der Waals surface area (Å²) in [6.45, 7) is 0. The van der Waals surface area contributed by atoms with Gasteiger partial charge in [-0.1, -0.05) is 66.2 Å². The van der Waals surface area contributed by atoms with Crippen LogP contribution in [0.25, 0.3) is 65.6 Å². The summed E-state index contributed by atoms with van der Waals surface area (Å²) in [5.74, 6) is 0. The fourth-order valence-corrected chi connectivity index (χ4v) is 6.01. The molecule has 0 amide bonds. The van der Waals surface area contributed by atoms with Gasteiger partial charge in [-0.25, -0.2) is 0 Å². The average Bonchev–Trinajstić information content (AvgIpc) is 3.48. The lowest BCUT2D eigenvalue weighted by Gasteiger charge is -2.08. The highest BCUT2D eigenvalue weighted by molar-refractivity contribution is 6.37. The van der Waals surface area contributed by atoms with E-state index in [1.54, 1.807) is 0 Å². The maximum absolute atomic E-state index is 6.54. The molecule has 3 heterocycles. The monoisotopic (exact) mass is 440 g/mol. The van der Waals surface area contributed by atoms with Crippen LogP contribution in [0.4, 0.5) is 0 Å². The maximum Gasteiger partial charge on any atom is 0.0628 e. The van der Waals surface area contributed by atoms with Gasteiger partial charge in [0.2, 0.25) is 0 Å². The van der Waals surface area contributed by atoms with Gasteiger partial charge >= 0.3 is 0 Å². The first-order valence-electron chi connectivity index (χ1n) is 11.2. The van der Waals surface area contributed by atoms with Crippen LogP contribution in [0.3, 0.4) is 0 Å². The predicted octanol–water partition coefficient (Wildman–Crippen LogP) is 8.59. The van der Waals surface area contributed by atoms with Gasteiger partial charge in [0.05, 0.1) is 27.6 Å². The highest BCUT2D eigenvalue weighted by Gasteiger charge is 2.23. The Bertz CT molecular complexity index is 2030. The summed E-state index contributed by atoms with van der Waals surface area (Å²) in [5.41, 5.74) is 7.32. The topological polar surface area (TPSA) is 9.34 Å². The van der Waals surface area contributed by atoms with Crippen LogP contribution in [0, 0.1) is 0 Å². The van der Waals surface area contributed by atoms with Crippen molar-refractivity contribution >= 4 is 71.5 Å². The summed E-state index contributed by atoms with van der Waals surface area (Å²) in [6.07, 6.45) is 0. The number of nitrogens with zero attached hydrogens (tertiary/aromatic N) is 2. The van der Waals surface area contributed by atoms with Crippen molar-refractivity contribution in [3.8, 4) is 5.69 Å². The Hall–Kier alpha value is -4.01. The number of rotatable bonds is 1. The fourth-order valence-electron chi connectivity index (χ4n) is 5.84. The van der Waals surface area contributed by atoms with Gasteiger partial charge in [-0.05, 0) is 48.5 Å². The minimum absolute atomic E-state index is 0.765. The Morgan fingerprint density at radius 1 is 0.485 bits per heavy atom. The summed E-state index contributed by atoms with van der Waals surface area (Å²) >= 11 is 6.54. The molecule has 0 bridgehead atoms. The highest BCUT2D eigenvalue weighted by atomic mass is 35.5. The molecule has 2 nitrogen and oxygen atoms in total. The van der Waals surface area contributed by atoms with E-state index in [2.05, 4.69) is 106 Å². The quantitative estimate of drug-likeness (QED) is 0.242. The summed E-state index contributed by atoms with van der Waals surface area (Å²) < 4.78 is 4.81. The van der Waals surface area contributed by atoms with E-state index in [0.29, 0.717) is 0 Å². The first kappa shape index (κ1) is 17.5. The van der Waals surface area contributed by atoms with E-state index in [1.165, 1.54) is 65.6 Å².